The fourth-order valence-corrected chi connectivity index (χ4v) is 3.14. The van der Waals surface area contributed by atoms with E-state index >= 15 is 0 Å². The van der Waals surface area contributed by atoms with Crippen molar-refractivity contribution in [3.8, 4) is 0 Å². The maximum Gasteiger partial charge on any atom is 0.339 e. The summed E-state index contributed by atoms with van der Waals surface area (Å²) in [5.74, 6) is -0.804. The first-order chi connectivity index (χ1) is 13.9. The van der Waals surface area contributed by atoms with Crippen LogP contribution >= 0.6 is 11.6 Å². The summed E-state index contributed by atoms with van der Waals surface area (Å²) in [4.78, 5) is 24.5. The molecular formula is C22H22ClN3O3. The highest BCUT2D eigenvalue weighted by molar-refractivity contribution is 6.33. The van der Waals surface area contributed by atoms with Gasteiger partial charge in [-0.25, -0.2) is 4.79 Å². The lowest BCUT2D eigenvalue weighted by Gasteiger charge is -2.10. The number of nitrogens with one attached hydrogen (secondary N) is 1. The van der Waals surface area contributed by atoms with E-state index in [9.17, 15) is 9.59 Å². The molecule has 0 aliphatic rings. The van der Waals surface area contributed by atoms with Gasteiger partial charge in [0.15, 0.2) is 0 Å². The van der Waals surface area contributed by atoms with E-state index in [2.05, 4.69) is 10.4 Å². The van der Waals surface area contributed by atoms with E-state index in [-0.39, 0.29) is 23.1 Å². The first kappa shape index (κ1) is 20.6. The summed E-state index contributed by atoms with van der Waals surface area (Å²) < 4.78 is 6.91. The lowest BCUT2D eigenvalue weighted by molar-refractivity contribution is 0.0526. The van der Waals surface area contributed by atoms with Gasteiger partial charge in [0.25, 0.3) is 5.91 Å². The van der Waals surface area contributed by atoms with E-state index in [1.807, 2.05) is 36.7 Å². The second-order valence-corrected chi connectivity index (χ2v) is 7.06. The van der Waals surface area contributed by atoms with Gasteiger partial charge >= 0.3 is 5.97 Å². The van der Waals surface area contributed by atoms with Crippen LogP contribution in [0.2, 0.25) is 5.02 Å². The molecule has 29 heavy (non-hydrogen) atoms. The number of hydrogen-bond acceptors (Lipinski definition) is 4. The van der Waals surface area contributed by atoms with Gasteiger partial charge in [0, 0.05) is 16.9 Å². The molecule has 1 N–H and O–H groups in total. The molecule has 0 aliphatic carbocycles. The molecule has 3 rings (SSSR count). The molecule has 150 valence electrons. The Morgan fingerprint density at radius 1 is 1.10 bits per heavy atom. The molecule has 0 fully saturated rings. The van der Waals surface area contributed by atoms with Crippen LogP contribution < -0.4 is 5.32 Å². The second kappa shape index (κ2) is 8.92. The molecule has 1 heterocycles. The van der Waals surface area contributed by atoms with Gasteiger partial charge in [-0.2, -0.15) is 5.10 Å². The largest absolute Gasteiger partial charge is 0.462 e. The van der Waals surface area contributed by atoms with Crippen molar-refractivity contribution in [2.45, 2.75) is 27.3 Å². The maximum absolute atomic E-state index is 12.6. The van der Waals surface area contributed by atoms with Gasteiger partial charge in [-0.05, 0) is 62.7 Å². The molecule has 0 aliphatic heterocycles. The fraction of sp³-hybridized carbons (Fsp3) is 0.227. The molecule has 7 heteroatoms. The summed E-state index contributed by atoms with van der Waals surface area (Å²) >= 11 is 6.06. The van der Waals surface area contributed by atoms with Crippen LogP contribution in [0.5, 0.6) is 0 Å². The van der Waals surface area contributed by atoms with Crippen LogP contribution in [0.1, 0.15) is 44.6 Å². The zero-order chi connectivity index (χ0) is 21.0. The summed E-state index contributed by atoms with van der Waals surface area (Å²) in [5.41, 5.74) is 4.30. The van der Waals surface area contributed by atoms with E-state index < -0.39 is 5.97 Å². The number of aromatic nitrogens is 2. The summed E-state index contributed by atoms with van der Waals surface area (Å²) in [6.07, 6.45) is 0. The quantitative estimate of drug-likeness (QED) is 0.600. The number of ether oxygens (including phenoxy) is 1. The number of esters is 1. The lowest BCUT2D eigenvalue weighted by atomic mass is 10.1. The molecule has 0 spiro atoms. The number of rotatable bonds is 6. The van der Waals surface area contributed by atoms with Crippen molar-refractivity contribution in [2.75, 3.05) is 11.9 Å². The molecule has 0 saturated heterocycles. The molecule has 0 radical (unpaired) electrons. The highest BCUT2D eigenvalue weighted by atomic mass is 35.5. The Kier molecular flexibility index (Phi) is 6.34. The van der Waals surface area contributed by atoms with Crippen molar-refractivity contribution in [3.63, 3.8) is 0 Å². The average Bonchev–Trinajstić information content (AvgIpc) is 3.00. The topological polar surface area (TPSA) is 73.2 Å². The summed E-state index contributed by atoms with van der Waals surface area (Å²) in [6, 6.07) is 14.1. The van der Waals surface area contributed by atoms with Crippen molar-refractivity contribution in [3.05, 3.63) is 81.6 Å². The van der Waals surface area contributed by atoms with Crippen LogP contribution in [0.25, 0.3) is 0 Å². The van der Waals surface area contributed by atoms with Crippen LogP contribution in [0.4, 0.5) is 5.69 Å². The zero-order valence-corrected chi connectivity index (χ0v) is 17.3. The monoisotopic (exact) mass is 411 g/mol. The Morgan fingerprint density at radius 3 is 2.45 bits per heavy atom. The molecule has 1 aromatic heterocycles. The van der Waals surface area contributed by atoms with Gasteiger partial charge < -0.3 is 10.1 Å². The molecular weight excluding hydrogens is 390 g/mol. The third-order valence-electron chi connectivity index (χ3n) is 4.37. The van der Waals surface area contributed by atoms with Gasteiger partial charge in [0.05, 0.1) is 29.4 Å². The number of anilines is 1. The van der Waals surface area contributed by atoms with Gasteiger partial charge in [0.1, 0.15) is 0 Å². The normalized spacial score (nSPS) is 10.6. The fourth-order valence-electron chi connectivity index (χ4n) is 2.94. The number of hydrogen-bond donors (Lipinski definition) is 1. The van der Waals surface area contributed by atoms with Gasteiger partial charge in [-0.1, -0.05) is 23.7 Å². The van der Waals surface area contributed by atoms with Crippen molar-refractivity contribution in [1.82, 2.24) is 9.78 Å². The average molecular weight is 412 g/mol. The van der Waals surface area contributed by atoms with Gasteiger partial charge in [0.2, 0.25) is 0 Å². The Bertz CT molecular complexity index is 1040. The number of carbonyl (C=O) groups excluding carboxylic acids is 2. The molecule has 0 saturated carbocycles. The van der Waals surface area contributed by atoms with E-state index in [0.29, 0.717) is 17.8 Å². The predicted octanol–water partition coefficient (Wildman–Crippen LogP) is 4.63. The SMILES string of the molecule is CCOC(=O)c1cc(NC(=O)c2ccc(Cn3nc(C)cc3C)cc2)ccc1Cl. The van der Waals surface area contributed by atoms with Crippen molar-refractivity contribution in [1.29, 1.82) is 0 Å². The Labute approximate surface area is 174 Å². The minimum absolute atomic E-state index is 0.214. The Balaban J connectivity index is 1.70. The maximum atomic E-state index is 12.6. The van der Waals surface area contributed by atoms with Gasteiger partial charge in [-0.3, -0.25) is 9.48 Å². The standard InChI is InChI=1S/C22H22ClN3O3/c1-4-29-22(28)19-12-18(9-10-20(19)23)24-21(27)17-7-5-16(6-8-17)13-26-15(3)11-14(2)25-26/h5-12H,4,13H2,1-3H3,(H,24,27). The first-order valence-electron chi connectivity index (χ1n) is 9.25. The van der Waals surface area contributed by atoms with Crippen LogP contribution in [0.15, 0.2) is 48.5 Å². The summed E-state index contributed by atoms with van der Waals surface area (Å²) in [5, 5.41) is 7.50. The van der Waals surface area contributed by atoms with Crippen LogP contribution in [-0.4, -0.2) is 28.3 Å². The highest BCUT2D eigenvalue weighted by Crippen LogP contribution is 2.22. The lowest BCUT2D eigenvalue weighted by Crippen LogP contribution is -2.13. The third-order valence-corrected chi connectivity index (χ3v) is 4.70. The van der Waals surface area contributed by atoms with Crippen LogP contribution in [0, 0.1) is 13.8 Å². The Hall–Kier alpha value is -3.12. The predicted molar refractivity (Wildman–Crippen MR) is 113 cm³/mol. The van der Waals surface area contributed by atoms with E-state index in [4.69, 9.17) is 16.3 Å². The number of carbonyl (C=O) groups is 2. The number of nitrogens with zero attached hydrogens (tertiary/aromatic N) is 2. The first-order valence-corrected chi connectivity index (χ1v) is 9.63. The highest BCUT2D eigenvalue weighted by Gasteiger charge is 2.14. The minimum Gasteiger partial charge on any atom is -0.462 e. The molecule has 0 atom stereocenters. The van der Waals surface area contributed by atoms with E-state index in [1.165, 1.54) is 6.07 Å². The van der Waals surface area contributed by atoms with Crippen LogP contribution in [0.3, 0.4) is 0 Å². The van der Waals surface area contributed by atoms with Crippen molar-refractivity contribution < 1.29 is 14.3 Å². The molecule has 2 aromatic carbocycles. The molecule has 3 aromatic rings. The third kappa shape index (κ3) is 5.03. The molecule has 1 amide bonds. The molecule has 6 nitrogen and oxygen atoms in total. The number of halogens is 1. The summed E-state index contributed by atoms with van der Waals surface area (Å²) in [6.45, 7) is 6.58. The zero-order valence-electron chi connectivity index (χ0n) is 16.5. The number of aryl methyl sites for hydroxylation is 2. The van der Waals surface area contributed by atoms with Crippen molar-refractivity contribution in [2.24, 2.45) is 0 Å². The van der Waals surface area contributed by atoms with Crippen LogP contribution in [-0.2, 0) is 11.3 Å². The Morgan fingerprint density at radius 2 is 1.83 bits per heavy atom. The molecule has 0 bridgehead atoms. The minimum atomic E-state index is -0.526. The number of amides is 1. The second-order valence-electron chi connectivity index (χ2n) is 6.65. The van der Waals surface area contributed by atoms with E-state index in [1.54, 1.807) is 31.2 Å². The van der Waals surface area contributed by atoms with Gasteiger partial charge in [-0.15, -0.1) is 0 Å². The number of benzene rings is 2. The smallest absolute Gasteiger partial charge is 0.339 e. The van der Waals surface area contributed by atoms with E-state index in [0.717, 1.165) is 17.0 Å². The molecule has 0 unspecified atom stereocenters. The van der Waals surface area contributed by atoms with Crippen molar-refractivity contribution >= 4 is 29.2 Å². The summed E-state index contributed by atoms with van der Waals surface area (Å²) in [7, 11) is 0.